The van der Waals surface area contributed by atoms with Crippen molar-refractivity contribution >= 4 is 27.5 Å². The van der Waals surface area contributed by atoms with Gasteiger partial charge in [0.25, 0.3) is 10.0 Å². The van der Waals surface area contributed by atoms with Gasteiger partial charge < -0.3 is 14.9 Å². The molecular weight excluding hydrogens is 614 g/mol. The van der Waals surface area contributed by atoms with E-state index in [1.54, 1.807) is 18.2 Å². The highest BCUT2D eigenvalue weighted by atomic mass is 32.2. The largest absolute Gasteiger partial charge is 0.449 e. The van der Waals surface area contributed by atoms with E-state index in [0.717, 1.165) is 62.7 Å². The van der Waals surface area contributed by atoms with Gasteiger partial charge in [-0.1, -0.05) is 46.2 Å². The molecule has 6 rings (SSSR count). The summed E-state index contributed by atoms with van der Waals surface area (Å²) in [6.45, 7) is 9.20. The highest BCUT2D eigenvalue weighted by molar-refractivity contribution is 7.92. The molecule has 4 aliphatic carbocycles. The normalized spacial score (nSPS) is 38.5. The number of carbonyl (C=O) groups is 1. The molecule has 4 saturated carbocycles. The van der Waals surface area contributed by atoms with Gasteiger partial charge in [-0.15, -0.1) is 11.3 Å². The number of hydrogen-bond donors (Lipinski definition) is 3. The number of rotatable bonds is 7. The molecular formula is C35H48FNO6S2. The summed E-state index contributed by atoms with van der Waals surface area (Å²) >= 11 is 1.00. The second-order valence-corrected chi connectivity index (χ2v) is 17.9. The van der Waals surface area contributed by atoms with Gasteiger partial charge in [0, 0.05) is 4.88 Å². The quantitative estimate of drug-likeness (QED) is 0.289. The standard InChI is InChI=1S/C35H48FNO6S2/c1-5-24-28-18-23(38)14-16-35(28,4)27-15-17-34(3)25(10-11-26(34)31(27)32(24)39)20(2)19-43-33(40)37-45(41,42)30-13-12-29(44-30)21-6-8-22(36)9-7-21/h6-9,12-13,20,23-28,31-32,38-39H,5,10-11,14-19H2,1-4H3,(H,37,40)/t20-,23-,24-,25-,26+,27+,28?,31+,32-,34-,35-/m1/s1. The average Bonchev–Trinajstić information content (AvgIpc) is 3.63. The summed E-state index contributed by atoms with van der Waals surface area (Å²) in [5.41, 5.74) is 0.842. The number of carbonyl (C=O) groups excluding carboxylic acids is 1. The number of ether oxygens (including phenoxy) is 1. The fourth-order valence-corrected chi connectivity index (χ4v) is 12.9. The number of aliphatic hydroxyl groups is 2. The van der Waals surface area contributed by atoms with Gasteiger partial charge in [-0.3, -0.25) is 0 Å². The number of nitrogens with one attached hydrogen (secondary N) is 1. The number of benzene rings is 1. The summed E-state index contributed by atoms with van der Waals surface area (Å²) < 4.78 is 46.7. The third kappa shape index (κ3) is 5.76. The number of fused-ring (bicyclic) bond motifs is 5. The van der Waals surface area contributed by atoms with E-state index in [1.165, 1.54) is 18.2 Å². The van der Waals surface area contributed by atoms with Crippen LogP contribution >= 0.6 is 11.3 Å². The van der Waals surface area contributed by atoms with Gasteiger partial charge in [0.05, 0.1) is 18.8 Å². The van der Waals surface area contributed by atoms with Crippen LogP contribution in [0.1, 0.15) is 79.1 Å². The minimum Gasteiger partial charge on any atom is -0.449 e. The van der Waals surface area contributed by atoms with E-state index in [9.17, 15) is 27.8 Å². The smallest absolute Gasteiger partial charge is 0.421 e. The number of aliphatic hydroxyl groups excluding tert-OH is 2. The van der Waals surface area contributed by atoms with E-state index in [4.69, 9.17) is 4.74 Å². The fourth-order valence-electron chi connectivity index (χ4n) is 10.7. The Bertz CT molecular complexity index is 1500. The minimum atomic E-state index is -4.12. The summed E-state index contributed by atoms with van der Waals surface area (Å²) in [7, 11) is -4.12. The number of hydrogen-bond acceptors (Lipinski definition) is 7. The van der Waals surface area contributed by atoms with E-state index in [0.29, 0.717) is 34.1 Å². The van der Waals surface area contributed by atoms with Crippen LogP contribution in [0.4, 0.5) is 9.18 Å². The highest BCUT2D eigenvalue weighted by Gasteiger charge is 2.65. The summed E-state index contributed by atoms with van der Waals surface area (Å²) in [6.07, 6.45) is 6.15. The van der Waals surface area contributed by atoms with Crippen LogP contribution in [-0.2, 0) is 14.8 Å². The molecule has 45 heavy (non-hydrogen) atoms. The molecule has 2 aromatic rings. The fraction of sp³-hybridized carbons (Fsp3) is 0.686. The van der Waals surface area contributed by atoms with E-state index >= 15 is 0 Å². The van der Waals surface area contributed by atoms with Crippen LogP contribution in [-0.4, -0.2) is 43.5 Å². The molecule has 4 aliphatic rings. The predicted octanol–water partition coefficient (Wildman–Crippen LogP) is 7.23. The Hall–Kier alpha value is -2.01. The molecule has 0 radical (unpaired) electrons. The Morgan fingerprint density at radius 2 is 1.71 bits per heavy atom. The van der Waals surface area contributed by atoms with Crippen LogP contribution in [0.3, 0.4) is 0 Å². The molecule has 1 heterocycles. The maximum Gasteiger partial charge on any atom is 0.421 e. The zero-order valence-electron chi connectivity index (χ0n) is 26.7. The van der Waals surface area contributed by atoms with Crippen molar-refractivity contribution in [2.75, 3.05) is 6.61 Å². The van der Waals surface area contributed by atoms with Gasteiger partial charge in [0.2, 0.25) is 0 Å². The highest BCUT2D eigenvalue weighted by Crippen LogP contribution is 2.69. The summed E-state index contributed by atoms with van der Waals surface area (Å²) in [6, 6.07) is 8.85. The molecule has 4 fully saturated rings. The third-order valence-electron chi connectivity index (χ3n) is 12.8. The third-order valence-corrected chi connectivity index (χ3v) is 15.8. The van der Waals surface area contributed by atoms with E-state index in [-0.39, 0.29) is 57.4 Å². The predicted molar refractivity (Wildman–Crippen MR) is 172 cm³/mol. The number of thiophene rings is 1. The van der Waals surface area contributed by atoms with Crippen LogP contribution < -0.4 is 4.72 Å². The maximum atomic E-state index is 13.3. The molecule has 7 nitrogen and oxygen atoms in total. The van der Waals surface area contributed by atoms with Gasteiger partial charge in [-0.2, -0.15) is 0 Å². The molecule has 1 aromatic heterocycles. The lowest BCUT2D eigenvalue weighted by Gasteiger charge is -2.64. The second kappa shape index (κ2) is 12.2. The maximum absolute atomic E-state index is 13.3. The molecule has 0 bridgehead atoms. The molecule has 3 N–H and O–H groups in total. The molecule has 1 unspecified atom stereocenters. The molecule has 0 saturated heterocycles. The van der Waals surface area contributed by atoms with Crippen molar-refractivity contribution in [3.05, 3.63) is 42.2 Å². The average molecular weight is 662 g/mol. The lowest BCUT2D eigenvalue weighted by atomic mass is 9.41. The van der Waals surface area contributed by atoms with Crippen molar-refractivity contribution in [3.63, 3.8) is 0 Å². The lowest BCUT2D eigenvalue weighted by molar-refractivity contribution is -0.203. The molecule has 11 atom stereocenters. The van der Waals surface area contributed by atoms with Crippen molar-refractivity contribution in [2.24, 2.45) is 52.3 Å². The lowest BCUT2D eigenvalue weighted by Crippen LogP contribution is -2.62. The second-order valence-electron chi connectivity index (χ2n) is 14.9. The van der Waals surface area contributed by atoms with Gasteiger partial charge in [-0.05, 0) is 127 Å². The van der Waals surface area contributed by atoms with E-state index in [1.807, 2.05) is 0 Å². The van der Waals surface area contributed by atoms with Crippen molar-refractivity contribution in [3.8, 4) is 10.4 Å². The minimum absolute atomic E-state index is 0.0108. The first-order valence-corrected chi connectivity index (χ1v) is 19.0. The Morgan fingerprint density at radius 3 is 2.42 bits per heavy atom. The molecule has 248 valence electrons. The van der Waals surface area contributed by atoms with Crippen molar-refractivity contribution < 1.29 is 32.6 Å². The number of sulfonamides is 1. The topological polar surface area (TPSA) is 113 Å². The summed E-state index contributed by atoms with van der Waals surface area (Å²) in [5, 5.41) is 22.5. The summed E-state index contributed by atoms with van der Waals surface area (Å²) in [5.74, 6) is 1.60. The van der Waals surface area contributed by atoms with Crippen LogP contribution in [0.2, 0.25) is 0 Å². The first-order valence-electron chi connectivity index (χ1n) is 16.7. The molecule has 1 amide bonds. The van der Waals surface area contributed by atoms with Crippen LogP contribution in [0.5, 0.6) is 0 Å². The first-order chi connectivity index (χ1) is 21.3. The Labute approximate surface area is 271 Å². The Balaban J connectivity index is 1.10. The monoisotopic (exact) mass is 661 g/mol. The van der Waals surface area contributed by atoms with Crippen LogP contribution in [0.25, 0.3) is 10.4 Å². The summed E-state index contributed by atoms with van der Waals surface area (Å²) in [4.78, 5) is 13.4. The number of amides is 1. The molecule has 1 aromatic carbocycles. The van der Waals surface area contributed by atoms with Crippen molar-refractivity contribution in [1.29, 1.82) is 0 Å². The molecule has 0 spiro atoms. The zero-order chi connectivity index (χ0) is 32.3. The Kier molecular flexibility index (Phi) is 8.94. The van der Waals surface area contributed by atoms with E-state index < -0.39 is 16.1 Å². The molecule has 10 heteroatoms. The van der Waals surface area contributed by atoms with Gasteiger partial charge in [-0.25, -0.2) is 22.3 Å². The Morgan fingerprint density at radius 1 is 1.02 bits per heavy atom. The number of halogens is 1. The first kappa shape index (κ1) is 32.9. The van der Waals surface area contributed by atoms with E-state index in [2.05, 4.69) is 32.4 Å². The van der Waals surface area contributed by atoms with Crippen LogP contribution in [0, 0.1) is 58.1 Å². The van der Waals surface area contributed by atoms with Gasteiger partial charge in [0.1, 0.15) is 10.0 Å². The van der Waals surface area contributed by atoms with Gasteiger partial charge in [0.15, 0.2) is 0 Å². The zero-order valence-corrected chi connectivity index (χ0v) is 28.4. The van der Waals surface area contributed by atoms with Gasteiger partial charge >= 0.3 is 6.09 Å². The SMILES string of the molecule is CC[C@@H]1C2C[C@H](O)CC[C@]2(C)[C@H]2CC[C@]3(C)[C@@H]([C@H](C)COC(=O)NS(=O)(=O)c4ccc(-c5ccc(F)cc5)s4)CC[C@H]3[C@@H]2[C@@H]1O. The molecule has 0 aliphatic heterocycles. The van der Waals surface area contributed by atoms with Crippen molar-refractivity contribution in [1.82, 2.24) is 4.72 Å². The van der Waals surface area contributed by atoms with Crippen LogP contribution in [0.15, 0.2) is 40.6 Å². The van der Waals surface area contributed by atoms with Crippen molar-refractivity contribution in [2.45, 2.75) is 95.5 Å².